The summed E-state index contributed by atoms with van der Waals surface area (Å²) in [6, 6.07) is 0. The molecule has 0 bridgehead atoms. The monoisotopic (exact) mass is 270 g/mol. The number of benzene rings is 1. The summed E-state index contributed by atoms with van der Waals surface area (Å²) in [5.41, 5.74) is 2.28. The summed E-state index contributed by atoms with van der Waals surface area (Å²) in [5.74, 6) is -0.0878. The maximum atomic E-state index is 13.9. The molecular formula is C12H18BFOP2. The summed E-state index contributed by atoms with van der Waals surface area (Å²) in [6.07, 6.45) is 0.311. The predicted molar refractivity (Wildman–Crippen MR) is 81.6 cm³/mol. The van der Waals surface area contributed by atoms with E-state index in [9.17, 15) is 9.18 Å². The van der Waals surface area contributed by atoms with Crippen molar-refractivity contribution in [3.8, 4) is 0 Å². The first-order valence-corrected chi connectivity index (χ1v) is 6.78. The van der Waals surface area contributed by atoms with Crippen molar-refractivity contribution in [2.75, 3.05) is 0 Å². The Hall–Kier alpha value is -0.255. The van der Waals surface area contributed by atoms with Gasteiger partial charge in [0.15, 0.2) is 0 Å². The van der Waals surface area contributed by atoms with E-state index in [4.69, 9.17) is 0 Å². The molecule has 0 aliphatic rings. The van der Waals surface area contributed by atoms with Crippen LogP contribution in [-0.4, -0.2) is 13.6 Å². The van der Waals surface area contributed by atoms with E-state index in [1.54, 1.807) is 6.92 Å². The molecule has 5 heteroatoms. The van der Waals surface area contributed by atoms with Gasteiger partial charge < -0.3 is 0 Å². The molecule has 17 heavy (non-hydrogen) atoms. The van der Waals surface area contributed by atoms with Gasteiger partial charge in [0, 0.05) is 12.3 Å². The topological polar surface area (TPSA) is 17.1 Å². The predicted octanol–water partition coefficient (Wildman–Crippen LogP) is 0.161. The van der Waals surface area contributed by atoms with Crippen LogP contribution in [0, 0.1) is 18.7 Å². The van der Waals surface area contributed by atoms with Crippen LogP contribution < -0.4 is 16.1 Å². The van der Waals surface area contributed by atoms with Crippen LogP contribution >= 0.6 is 18.5 Å². The van der Waals surface area contributed by atoms with Crippen LogP contribution in [0.1, 0.15) is 25.0 Å². The number of carbonyl (C=O) groups excluding carboxylic acids is 1. The van der Waals surface area contributed by atoms with Gasteiger partial charge in [0.05, 0.1) is 0 Å². The lowest BCUT2D eigenvalue weighted by molar-refractivity contribution is -0.121. The average molecular weight is 270 g/mol. The molecular weight excluding hydrogens is 252 g/mol. The molecule has 1 nitrogen and oxygen atoms in total. The number of rotatable bonds is 3. The Morgan fingerprint density at radius 3 is 2.35 bits per heavy atom. The van der Waals surface area contributed by atoms with Crippen LogP contribution in [-0.2, 0) is 11.2 Å². The van der Waals surface area contributed by atoms with Crippen molar-refractivity contribution < 1.29 is 9.18 Å². The third-order valence-corrected chi connectivity index (χ3v) is 4.61. The molecule has 1 aromatic rings. The second-order valence-corrected chi connectivity index (χ2v) is 5.82. The molecule has 1 aromatic carbocycles. The lowest BCUT2D eigenvalue weighted by Crippen LogP contribution is -2.37. The van der Waals surface area contributed by atoms with E-state index in [1.165, 1.54) is 0 Å². The first kappa shape index (κ1) is 14.8. The zero-order valence-electron chi connectivity index (χ0n) is 10.7. The van der Waals surface area contributed by atoms with Crippen molar-refractivity contribution in [1.82, 2.24) is 0 Å². The maximum absolute atomic E-state index is 13.9. The third kappa shape index (κ3) is 2.95. The molecule has 0 saturated carbocycles. The van der Waals surface area contributed by atoms with E-state index >= 15 is 0 Å². The second kappa shape index (κ2) is 5.59. The largest absolute Gasteiger partial charge is 0.299 e. The highest BCUT2D eigenvalue weighted by molar-refractivity contribution is 7.31. The Labute approximate surface area is 108 Å². The summed E-state index contributed by atoms with van der Waals surface area (Å²) >= 11 is 0. The fourth-order valence-electron chi connectivity index (χ4n) is 1.68. The molecule has 0 aromatic heterocycles. The van der Waals surface area contributed by atoms with Gasteiger partial charge in [-0.25, -0.2) is 4.39 Å². The van der Waals surface area contributed by atoms with Gasteiger partial charge in [-0.05, 0) is 28.7 Å². The average Bonchev–Trinajstić information content (AvgIpc) is 2.29. The zero-order valence-corrected chi connectivity index (χ0v) is 13.0. The molecule has 2 unspecified atom stereocenters. The van der Waals surface area contributed by atoms with E-state index in [-0.39, 0.29) is 17.5 Å². The molecule has 0 radical (unpaired) electrons. The number of hydrogen-bond donors (Lipinski definition) is 0. The highest BCUT2D eigenvalue weighted by atomic mass is 31.0. The van der Waals surface area contributed by atoms with Crippen molar-refractivity contribution in [1.29, 1.82) is 0 Å². The molecule has 2 atom stereocenters. The number of carbonyl (C=O) groups is 1. The standard InChI is InChI=1S/C12H18BFOP2/c1-5(2)8(15)4-7-6(3)10(14)12(17)9(13)11(7)16/h5H,4,13,16-17H2,1-3H3. The molecule has 0 amide bonds. The van der Waals surface area contributed by atoms with Gasteiger partial charge in [-0.1, -0.05) is 19.3 Å². The smallest absolute Gasteiger partial charge is 0.141 e. The summed E-state index contributed by atoms with van der Waals surface area (Å²) < 4.78 is 13.9. The number of halogens is 1. The van der Waals surface area contributed by atoms with Crippen LogP contribution in [0.4, 0.5) is 4.39 Å². The first-order valence-electron chi connectivity index (χ1n) is 5.62. The van der Waals surface area contributed by atoms with E-state index in [2.05, 4.69) is 18.5 Å². The van der Waals surface area contributed by atoms with Gasteiger partial charge >= 0.3 is 0 Å². The van der Waals surface area contributed by atoms with Gasteiger partial charge in [0.25, 0.3) is 0 Å². The second-order valence-electron chi connectivity index (χ2n) is 4.67. The summed E-state index contributed by atoms with van der Waals surface area (Å²) in [4.78, 5) is 11.8. The summed E-state index contributed by atoms with van der Waals surface area (Å²) in [7, 11) is 6.92. The molecule has 92 valence electrons. The highest BCUT2D eigenvalue weighted by Crippen LogP contribution is 2.14. The highest BCUT2D eigenvalue weighted by Gasteiger charge is 2.18. The normalized spacial score (nSPS) is 11.0. The molecule has 0 fully saturated rings. The Bertz CT molecular complexity index is 443. The molecule has 0 spiro atoms. The minimum Gasteiger partial charge on any atom is -0.299 e. The van der Waals surface area contributed by atoms with Gasteiger partial charge in [-0.15, -0.1) is 18.5 Å². The van der Waals surface area contributed by atoms with Gasteiger partial charge in [-0.2, -0.15) is 0 Å². The molecule has 0 saturated heterocycles. The van der Waals surface area contributed by atoms with E-state index in [1.807, 2.05) is 21.7 Å². The van der Waals surface area contributed by atoms with Crippen molar-refractivity contribution in [3.63, 3.8) is 0 Å². The minimum absolute atomic E-state index is 0.0159. The van der Waals surface area contributed by atoms with Crippen LogP contribution in [0.15, 0.2) is 0 Å². The number of hydrogen-bond acceptors (Lipinski definition) is 1. The SMILES string of the molecule is Bc1c(P)c(F)c(C)c(CC(=O)C(C)C)c1P. The van der Waals surface area contributed by atoms with Crippen LogP contribution in [0.2, 0.25) is 0 Å². The Balaban J connectivity index is 3.30. The Morgan fingerprint density at radius 2 is 1.88 bits per heavy atom. The van der Waals surface area contributed by atoms with Crippen molar-refractivity contribution >= 4 is 48.2 Å². The third-order valence-electron chi connectivity index (χ3n) is 3.15. The van der Waals surface area contributed by atoms with Crippen LogP contribution in [0.5, 0.6) is 0 Å². The molecule has 0 N–H and O–H groups in total. The zero-order chi connectivity index (χ0) is 13.3. The van der Waals surface area contributed by atoms with Crippen molar-refractivity contribution in [2.24, 2.45) is 5.92 Å². The summed E-state index contributed by atoms with van der Waals surface area (Å²) in [5, 5.41) is 1.54. The van der Waals surface area contributed by atoms with Gasteiger partial charge in [0.1, 0.15) is 19.4 Å². The quantitative estimate of drug-likeness (QED) is 0.565. The Morgan fingerprint density at radius 1 is 1.35 bits per heavy atom. The van der Waals surface area contributed by atoms with Gasteiger partial charge in [0.2, 0.25) is 0 Å². The van der Waals surface area contributed by atoms with Gasteiger partial charge in [-0.3, -0.25) is 4.79 Å². The van der Waals surface area contributed by atoms with Crippen LogP contribution in [0.25, 0.3) is 0 Å². The Kier molecular flexibility index (Phi) is 4.87. The molecule has 0 aliphatic heterocycles. The van der Waals surface area contributed by atoms with E-state index in [0.29, 0.717) is 17.3 Å². The summed E-state index contributed by atoms with van der Waals surface area (Å²) in [6.45, 7) is 5.47. The first-order chi connectivity index (χ1) is 7.77. The fourth-order valence-corrected chi connectivity index (χ4v) is 2.69. The minimum atomic E-state index is -0.217. The maximum Gasteiger partial charge on any atom is 0.141 e. The van der Waals surface area contributed by atoms with Crippen molar-refractivity contribution in [3.05, 3.63) is 16.9 Å². The van der Waals surface area contributed by atoms with E-state index in [0.717, 1.165) is 16.3 Å². The number of Topliss-reactive ketones (excluding diaryl/α,β-unsaturated/α-hetero) is 1. The lowest BCUT2D eigenvalue weighted by atomic mass is 9.88. The van der Waals surface area contributed by atoms with Crippen molar-refractivity contribution in [2.45, 2.75) is 27.2 Å². The molecule has 0 aliphatic carbocycles. The fraction of sp³-hybridized carbons (Fsp3) is 0.417. The van der Waals surface area contributed by atoms with Crippen LogP contribution in [0.3, 0.4) is 0 Å². The lowest BCUT2D eigenvalue weighted by Gasteiger charge is -2.16. The van der Waals surface area contributed by atoms with E-state index < -0.39 is 0 Å². The number of ketones is 1. The molecule has 1 rings (SSSR count). The molecule has 0 heterocycles.